The van der Waals surface area contributed by atoms with Crippen LogP contribution in [0.1, 0.15) is 48.0 Å². The van der Waals surface area contributed by atoms with E-state index in [4.69, 9.17) is 4.98 Å². The summed E-state index contributed by atoms with van der Waals surface area (Å²) < 4.78 is 4.02. The van der Waals surface area contributed by atoms with Gasteiger partial charge in [-0.05, 0) is 43.5 Å². The summed E-state index contributed by atoms with van der Waals surface area (Å²) in [5.41, 5.74) is 3.31. The number of carbonyl (C=O) groups is 2. The SMILES string of the molecule is O=C1CCC(C(=O)Nc2cccc(-c3cn4c(n3)CCCC4)c2)n2cccc21. The Morgan fingerprint density at radius 1 is 1.14 bits per heavy atom. The number of imidazole rings is 1. The number of benzene rings is 1. The van der Waals surface area contributed by atoms with Crippen LogP contribution in [0.2, 0.25) is 0 Å². The number of aromatic nitrogens is 3. The number of aryl methyl sites for hydroxylation is 2. The zero-order valence-corrected chi connectivity index (χ0v) is 15.6. The molecule has 2 aromatic heterocycles. The van der Waals surface area contributed by atoms with Gasteiger partial charge < -0.3 is 14.5 Å². The third-order valence-corrected chi connectivity index (χ3v) is 5.68. The van der Waals surface area contributed by atoms with E-state index in [1.54, 1.807) is 10.6 Å². The first-order valence-corrected chi connectivity index (χ1v) is 9.86. The lowest BCUT2D eigenvalue weighted by Crippen LogP contribution is -2.31. The second-order valence-electron chi connectivity index (χ2n) is 7.54. The molecule has 142 valence electrons. The smallest absolute Gasteiger partial charge is 0.247 e. The number of anilines is 1. The number of carbonyl (C=O) groups excluding carboxylic acids is 2. The van der Waals surface area contributed by atoms with Crippen molar-refractivity contribution in [1.82, 2.24) is 14.1 Å². The molecule has 0 fully saturated rings. The number of hydrogen-bond acceptors (Lipinski definition) is 3. The highest BCUT2D eigenvalue weighted by Gasteiger charge is 2.29. The maximum atomic E-state index is 12.9. The number of amides is 1. The lowest BCUT2D eigenvalue weighted by molar-refractivity contribution is -0.119. The van der Waals surface area contributed by atoms with Crippen LogP contribution in [0.5, 0.6) is 0 Å². The summed E-state index contributed by atoms with van der Waals surface area (Å²) >= 11 is 0. The minimum absolute atomic E-state index is 0.0914. The molecule has 1 atom stereocenters. The molecule has 0 aliphatic carbocycles. The summed E-state index contributed by atoms with van der Waals surface area (Å²) in [5.74, 6) is 1.15. The van der Waals surface area contributed by atoms with Crippen LogP contribution in [-0.4, -0.2) is 25.8 Å². The van der Waals surface area contributed by atoms with Crippen LogP contribution >= 0.6 is 0 Å². The summed E-state index contributed by atoms with van der Waals surface area (Å²) in [7, 11) is 0. The van der Waals surface area contributed by atoms with Crippen molar-refractivity contribution >= 4 is 17.4 Å². The highest BCUT2D eigenvalue weighted by Crippen LogP contribution is 2.28. The molecule has 1 amide bonds. The Kier molecular flexibility index (Phi) is 4.11. The minimum Gasteiger partial charge on any atom is -0.334 e. The molecule has 1 unspecified atom stereocenters. The predicted molar refractivity (Wildman–Crippen MR) is 106 cm³/mol. The van der Waals surface area contributed by atoms with Crippen molar-refractivity contribution in [2.75, 3.05) is 5.32 Å². The average Bonchev–Trinajstić information content (AvgIpc) is 3.36. The van der Waals surface area contributed by atoms with Crippen molar-refractivity contribution in [3.8, 4) is 11.3 Å². The summed E-state index contributed by atoms with van der Waals surface area (Å²) in [6.07, 6.45) is 8.26. The molecular weight excluding hydrogens is 352 g/mol. The quantitative estimate of drug-likeness (QED) is 0.757. The van der Waals surface area contributed by atoms with Gasteiger partial charge in [0.1, 0.15) is 11.9 Å². The van der Waals surface area contributed by atoms with E-state index in [9.17, 15) is 9.59 Å². The Morgan fingerprint density at radius 3 is 2.96 bits per heavy atom. The molecule has 28 heavy (non-hydrogen) atoms. The van der Waals surface area contributed by atoms with E-state index in [1.165, 1.54) is 12.8 Å². The Labute approximate surface area is 163 Å². The summed E-state index contributed by atoms with van der Waals surface area (Å²) in [6, 6.07) is 11.1. The van der Waals surface area contributed by atoms with Gasteiger partial charge in [-0.15, -0.1) is 0 Å². The van der Waals surface area contributed by atoms with Crippen LogP contribution in [0.4, 0.5) is 5.69 Å². The zero-order chi connectivity index (χ0) is 19.1. The van der Waals surface area contributed by atoms with Gasteiger partial charge in [-0.1, -0.05) is 12.1 Å². The molecule has 6 nitrogen and oxygen atoms in total. The molecule has 0 saturated heterocycles. The Bertz CT molecular complexity index is 1040. The molecular formula is C22H22N4O2. The average molecular weight is 374 g/mol. The fourth-order valence-electron chi connectivity index (χ4n) is 4.23. The van der Waals surface area contributed by atoms with Crippen LogP contribution in [-0.2, 0) is 17.8 Å². The Hall–Kier alpha value is -3.15. The summed E-state index contributed by atoms with van der Waals surface area (Å²) in [4.78, 5) is 29.6. The van der Waals surface area contributed by atoms with Gasteiger partial charge in [-0.25, -0.2) is 4.98 Å². The van der Waals surface area contributed by atoms with Crippen LogP contribution < -0.4 is 5.32 Å². The van der Waals surface area contributed by atoms with Crippen molar-refractivity contribution in [1.29, 1.82) is 0 Å². The first kappa shape index (κ1) is 17.0. The van der Waals surface area contributed by atoms with Crippen LogP contribution in [0.3, 0.4) is 0 Å². The molecule has 4 heterocycles. The van der Waals surface area contributed by atoms with E-state index >= 15 is 0 Å². The van der Waals surface area contributed by atoms with Gasteiger partial charge >= 0.3 is 0 Å². The van der Waals surface area contributed by atoms with Crippen LogP contribution in [0, 0.1) is 0 Å². The molecule has 5 rings (SSSR count). The maximum absolute atomic E-state index is 12.9. The molecule has 2 aliphatic heterocycles. The van der Waals surface area contributed by atoms with Gasteiger partial charge in [0.15, 0.2) is 5.78 Å². The van der Waals surface area contributed by atoms with Gasteiger partial charge in [-0.2, -0.15) is 0 Å². The fourth-order valence-corrected chi connectivity index (χ4v) is 4.23. The second-order valence-corrected chi connectivity index (χ2v) is 7.54. The summed E-state index contributed by atoms with van der Waals surface area (Å²) in [5, 5.41) is 3.02. The molecule has 1 aromatic carbocycles. The molecule has 3 aromatic rings. The summed E-state index contributed by atoms with van der Waals surface area (Å²) in [6.45, 7) is 1.03. The topological polar surface area (TPSA) is 68.9 Å². The van der Waals surface area contributed by atoms with Crippen molar-refractivity contribution in [2.45, 2.75) is 44.7 Å². The van der Waals surface area contributed by atoms with Gasteiger partial charge in [0.25, 0.3) is 0 Å². The van der Waals surface area contributed by atoms with E-state index in [2.05, 4.69) is 16.1 Å². The minimum atomic E-state index is -0.355. The standard InChI is InChI=1S/C22H22N4O2/c27-20-10-9-19(26-12-4-7-18(20)26)22(28)23-16-6-3-5-15(13-16)17-14-25-11-2-1-8-21(25)24-17/h3-7,12-14,19H,1-2,8-11H2,(H,23,28). The van der Waals surface area contributed by atoms with E-state index in [0.29, 0.717) is 18.5 Å². The lowest BCUT2D eigenvalue weighted by Gasteiger charge is -2.24. The van der Waals surface area contributed by atoms with Crippen molar-refractivity contribution < 1.29 is 9.59 Å². The van der Waals surface area contributed by atoms with Gasteiger partial charge in [0, 0.05) is 43.0 Å². The van der Waals surface area contributed by atoms with Crippen molar-refractivity contribution in [2.24, 2.45) is 0 Å². The molecule has 0 spiro atoms. The van der Waals surface area contributed by atoms with Gasteiger partial charge in [0.05, 0.1) is 11.4 Å². The Balaban J connectivity index is 1.37. The normalized spacial score (nSPS) is 18.4. The number of nitrogens with one attached hydrogen (secondary N) is 1. The van der Waals surface area contributed by atoms with Gasteiger partial charge in [0.2, 0.25) is 5.91 Å². The van der Waals surface area contributed by atoms with E-state index < -0.39 is 0 Å². The fraction of sp³-hybridized carbons (Fsp3) is 0.318. The van der Waals surface area contributed by atoms with Crippen molar-refractivity contribution in [3.63, 3.8) is 0 Å². The van der Waals surface area contributed by atoms with Gasteiger partial charge in [-0.3, -0.25) is 9.59 Å². The monoisotopic (exact) mass is 374 g/mol. The predicted octanol–water partition coefficient (Wildman–Crippen LogP) is 3.84. The van der Waals surface area contributed by atoms with E-state index in [-0.39, 0.29) is 17.7 Å². The number of fused-ring (bicyclic) bond motifs is 2. The lowest BCUT2D eigenvalue weighted by atomic mass is 10.0. The van der Waals surface area contributed by atoms with E-state index in [0.717, 1.165) is 35.7 Å². The molecule has 2 aliphatic rings. The first-order valence-electron chi connectivity index (χ1n) is 9.86. The molecule has 0 radical (unpaired) electrons. The maximum Gasteiger partial charge on any atom is 0.247 e. The molecule has 0 saturated carbocycles. The van der Waals surface area contributed by atoms with Crippen LogP contribution in [0.25, 0.3) is 11.3 Å². The third-order valence-electron chi connectivity index (χ3n) is 5.68. The number of nitrogens with zero attached hydrogens (tertiary/aromatic N) is 3. The highest BCUT2D eigenvalue weighted by molar-refractivity contribution is 6.00. The number of hydrogen-bond donors (Lipinski definition) is 1. The van der Waals surface area contributed by atoms with Crippen molar-refractivity contribution in [3.05, 3.63) is 60.3 Å². The molecule has 0 bridgehead atoms. The number of Topliss-reactive ketones (excluding diaryl/α,β-unsaturated/α-hetero) is 1. The Morgan fingerprint density at radius 2 is 2.07 bits per heavy atom. The highest BCUT2D eigenvalue weighted by atomic mass is 16.2. The third kappa shape index (κ3) is 2.95. The largest absolute Gasteiger partial charge is 0.334 e. The van der Waals surface area contributed by atoms with E-state index in [1.807, 2.05) is 36.5 Å². The first-order chi connectivity index (χ1) is 13.7. The second kappa shape index (κ2) is 6.78. The molecule has 1 N–H and O–H groups in total. The van der Waals surface area contributed by atoms with Crippen LogP contribution in [0.15, 0.2) is 48.8 Å². The zero-order valence-electron chi connectivity index (χ0n) is 15.6. The number of rotatable bonds is 3. The molecule has 6 heteroatoms. The number of ketones is 1.